The lowest BCUT2D eigenvalue weighted by Gasteiger charge is -2.20. The van der Waals surface area contributed by atoms with Crippen LogP contribution in [-0.2, 0) is 14.3 Å². The molecule has 1 aliphatic heterocycles. The lowest BCUT2D eigenvalue weighted by Crippen LogP contribution is -2.37. The number of fused-ring (bicyclic) bond motifs is 1. The number of nitrogens with zero attached hydrogens (tertiary/aromatic N) is 4. The van der Waals surface area contributed by atoms with Gasteiger partial charge in [-0.05, 0) is 19.3 Å². The minimum atomic E-state index is -5.08. The lowest BCUT2D eigenvalue weighted by molar-refractivity contribution is -0.192. The van der Waals surface area contributed by atoms with Crippen molar-refractivity contribution in [2.75, 3.05) is 5.73 Å². The molecule has 0 radical (unpaired) electrons. The molecule has 3 rings (SSSR count). The maximum absolute atomic E-state index is 10.8. The summed E-state index contributed by atoms with van der Waals surface area (Å²) in [6.45, 7) is 0. The van der Waals surface area contributed by atoms with Gasteiger partial charge in [-0.2, -0.15) is 13.2 Å². The van der Waals surface area contributed by atoms with E-state index in [-0.39, 0.29) is 18.7 Å². The third-order valence-electron chi connectivity index (χ3n) is 4.94. The van der Waals surface area contributed by atoms with Crippen molar-refractivity contribution >= 4 is 28.9 Å². The molecular formula is C17H24F3N7O7. The number of carbonyl (C=O) groups is 2. The van der Waals surface area contributed by atoms with Gasteiger partial charge < -0.3 is 42.4 Å². The average Bonchev–Trinajstić information content (AvgIpc) is 3.29. The van der Waals surface area contributed by atoms with Crippen molar-refractivity contribution in [3.63, 3.8) is 0 Å². The minimum Gasteiger partial charge on any atom is -0.480 e. The van der Waals surface area contributed by atoms with E-state index >= 15 is 0 Å². The van der Waals surface area contributed by atoms with E-state index in [2.05, 4.69) is 15.0 Å². The molecular weight excluding hydrogens is 471 g/mol. The molecule has 34 heavy (non-hydrogen) atoms. The van der Waals surface area contributed by atoms with Crippen LogP contribution in [0.15, 0.2) is 12.7 Å². The molecule has 0 aliphatic carbocycles. The van der Waals surface area contributed by atoms with Gasteiger partial charge in [0, 0.05) is 6.04 Å². The molecule has 6 atom stereocenters. The Morgan fingerprint density at radius 1 is 1.12 bits per heavy atom. The summed E-state index contributed by atoms with van der Waals surface area (Å²) < 4.78 is 39.0. The monoisotopic (exact) mass is 495 g/mol. The van der Waals surface area contributed by atoms with Crippen molar-refractivity contribution in [3.8, 4) is 0 Å². The maximum Gasteiger partial charge on any atom is 0.490 e. The molecule has 0 amide bonds. The number of carboxylic acid groups (broad SMARTS) is 2. The second-order valence-corrected chi connectivity index (χ2v) is 7.45. The second kappa shape index (κ2) is 10.9. The van der Waals surface area contributed by atoms with E-state index in [4.69, 9.17) is 36.9 Å². The zero-order valence-corrected chi connectivity index (χ0v) is 17.4. The van der Waals surface area contributed by atoms with Crippen LogP contribution >= 0.6 is 0 Å². The number of anilines is 1. The van der Waals surface area contributed by atoms with Gasteiger partial charge in [-0.3, -0.25) is 9.36 Å². The number of aromatic nitrogens is 4. The van der Waals surface area contributed by atoms with Gasteiger partial charge in [-0.1, -0.05) is 0 Å². The Labute approximate surface area is 189 Å². The highest BCUT2D eigenvalue weighted by molar-refractivity contribution is 5.81. The van der Waals surface area contributed by atoms with Crippen LogP contribution in [0.2, 0.25) is 0 Å². The smallest absolute Gasteiger partial charge is 0.480 e. The van der Waals surface area contributed by atoms with Crippen LogP contribution in [0.3, 0.4) is 0 Å². The molecule has 1 fully saturated rings. The summed E-state index contributed by atoms with van der Waals surface area (Å²) in [6.07, 6.45) is -5.69. The van der Waals surface area contributed by atoms with Crippen LogP contribution in [0.4, 0.5) is 19.0 Å². The molecule has 1 saturated heterocycles. The van der Waals surface area contributed by atoms with Crippen LogP contribution in [-0.4, -0.2) is 88.5 Å². The van der Waals surface area contributed by atoms with Crippen molar-refractivity contribution < 1.29 is 47.9 Å². The molecule has 0 saturated carbocycles. The highest BCUT2D eigenvalue weighted by Gasteiger charge is 2.44. The summed E-state index contributed by atoms with van der Waals surface area (Å²) in [5.41, 5.74) is 18.0. The van der Waals surface area contributed by atoms with E-state index in [0.717, 1.165) is 0 Å². The number of ether oxygens (including phenoxy) is 1. The molecule has 10 N–H and O–H groups in total. The number of nitrogens with two attached hydrogens (primary N) is 3. The molecule has 2 aromatic rings. The van der Waals surface area contributed by atoms with Gasteiger partial charge in [0.1, 0.15) is 30.1 Å². The molecule has 1 aliphatic rings. The number of carboxylic acids is 2. The predicted molar refractivity (Wildman–Crippen MR) is 107 cm³/mol. The zero-order valence-electron chi connectivity index (χ0n) is 17.4. The van der Waals surface area contributed by atoms with E-state index in [1.54, 1.807) is 0 Å². The van der Waals surface area contributed by atoms with Gasteiger partial charge in [-0.25, -0.2) is 19.7 Å². The van der Waals surface area contributed by atoms with Crippen LogP contribution < -0.4 is 17.2 Å². The SMILES string of the molecule is Nc1ncnc2c1ncn2[C@@H]1O[C@H](C[C@@H](N)CC[C@H](N)C(=O)O)[C@@H](O)[C@H]1O.O=C(O)C(F)(F)F. The summed E-state index contributed by atoms with van der Waals surface area (Å²) in [5.74, 6) is -3.66. The topological polar surface area (TPSA) is 246 Å². The molecule has 0 aromatic carbocycles. The van der Waals surface area contributed by atoms with Crippen molar-refractivity contribution in [2.24, 2.45) is 11.5 Å². The van der Waals surface area contributed by atoms with E-state index in [1.807, 2.05) is 0 Å². The van der Waals surface area contributed by atoms with Crippen molar-refractivity contribution in [1.29, 1.82) is 0 Å². The fourth-order valence-corrected chi connectivity index (χ4v) is 3.14. The number of imidazole rings is 1. The Hall–Kier alpha value is -3.12. The third-order valence-corrected chi connectivity index (χ3v) is 4.94. The molecule has 17 heteroatoms. The van der Waals surface area contributed by atoms with E-state index < -0.39 is 54.7 Å². The fourth-order valence-electron chi connectivity index (χ4n) is 3.14. The van der Waals surface area contributed by atoms with E-state index in [9.17, 15) is 28.2 Å². The quantitative estimate of drug-likeness (QED) is 0.233. The number of alkyl halides is 3. The molecule has 0 spiro atoms. The van der Waals surface area contributed by atoms with Gasteiger partial charge in [0.05, 0.1) is 12.4 Å². The zero-order chi connectivity index (χ0) is 25.8. The molecule has 14 nitrogen and oxygen atoms in total. The van der Waals surface area contributed by atoms with Crippen molar-refractivity contribution in [1.82, 2.24) is 19.5 Å². The number of aliphatic hydroxyl groups is 2. The number of aliphatic hydroxyl groups excluding tert-OH is 2. The third kappa shape index (κ3) is 6.48. The van der Waals surface area contributed by atoms with Gasteiger partial charge >= 0.3 is 18.1 Å². The summed E-state index contributed by atoms with van der Waals surface area (Å²) >= 11 is 0. The van der Waals surface area contributed by atoms with Crippen molar-refractivity contribution in [2.45, 2.75) is 62.1 Å². The largest absolute Gasteiger partial charge is 0.490 e. The summed E-state index contributed by atoms with van der Waals surface area (Å²) in [6, 6.07) is -1.44. The second-order valence-electron chi connectivity index (χ2n) is 7.45. The van der Waals surface area contributed by atoms with Gasteiger partial charge in [0.2, 0.25) is 0 Å². The van der Waals surface area contributed by atoms with Crippen LogP contribution in [0, 0.1) is 0 Å². The predicted octanol–water partition coefficient (Wildman–Crippen LogP) is -1.43. The van der Waals surface area contributed by atoms with Gasteiger partial charge in [0.25, 0.3) is 0 Å². The maximum atomic E-state index is 10.8. The molecule has 2 aromatic heterocycles. The highest BCUT2D eigenvalue weighted by atomic mass is 19.4. The standard InChI is InChI=1S/C15H23N7O5.C2HF3O2/c16-6(1-2-7(17)15(25)26)3-8-10(23)11(24)14(27-8)22-5-21-9-12(18)19-4-20-13(9)22;3-2(4,5)1(6)7/h4-8,10-11,14,23-24H,1-3,16-17H2,(H,25,26)(H2,18,19,20);(H,6,7)/t6-,7-,8+,10+,11+,14+;/m0./s1. The molecule has 0 bridgehead atoms. The first-order chi connectivity index (χ1) is 15.7. The van der Waals surface area contributed by atoms with Gasteiger partial charge in [0.15, 0.2) is 17.7 Å². The number of aliphatic carboxylic acids is 2. The van der Waals surface area contributed by atoms with Crippen LogP contribution in [0.25, 0.3) is 11.2 Å². The first-order valence-corrected chi connectivity index (χ1v) is 9.72. The highest BCUT2D eigenvalue weighted by Crippen LogP contribution is 2.33. The lowest BCUT2D eigenvalue weighted by atomic mass is 9.98. The number of hydrogen-bond donors (Lipinski definition) is 7. The van der Waals surface area contributed by atoms with Crippen LogP contribution in [0.1, 0.15) is 25.5 Å². The Balaban J connectivity index is 0.000000509. The number of nitrogen functional groups attached to an aromatic ring is 1. The minimum absolute atomic E-state index is 0.195. The van der Waals surface area contributed by atoms with Gasteiger partial charge in [-0.15, -0.1) is 0 Å². The number of halogens is 3. The Bertz CT molecular complexity index is 1010. The molecule has 190 valence electrons. The Morgan fingerprint density at radius 2 is 1.74 bits per heavy atom. The number of hydrogen-bond acceptors (Lipinski definition) is 11. The summed E-state index contributed by atoms with van der Waals surface area (Å²) in [4.78, 5) is 31.7. The Morgan fingerprint density at radius 3 is 2.29 bits per heavy atom. The Kier molecular flexibility index (Phi) is 8.67. The van der Waals surface area contributed by atoms with E-state index in [1.165, 1.54) is 17.2 Å². The summed E-state index contributed by atoms with van der Waals surface area (Å²) in [5, 5.41) is 36.7. The first-order valence-electron chi connectivity index (χ1n) is 9.72. The molecule has 0 unspecified atom stereocenters. The average molecular weight is 495 g/mol. The van der Waals surface area contributed by atoms with Crippen LogP contribution in [0.5, 0.6) is 0 Å². The normalized spacial score (nSPS) is 24.3. The number of rotatable bonds is 7. The van der Waals surface area contributed by atoms with E-state index in [0.29, 0.717) is 17.6 Å². The first kappa shape index (κ1) is 27.1. The van der Waals surface area contributed by atoms with Crippen molar-refractivity contribution in [3.05, 3.63) is 12.7 Å². The molecule has 3 heterocycles. The fraction of sp³-hybridized carbons (Fsp3) is 0.588. The summed E-state index contributed by atoms with van der Waals surface area (Å²) in [7, 11) is 0.